The zero-order chi connectivity index (χ0) is 26.8. The van der Waals surface area contributed by atoms with Crippen molar-refractivity contribution in [2.45, 2.75) is 50.5 Å². The molecular formula is C29H30N2O7. The molecular weight excluding hydrogens is 488 g/mol. The monoisotopic (exact) mass is 518 g/mol. The van der Waals surface area contributed by atoms with Gasteiger partial charge < -0.3 is 19.5 Å². The third-order valence-electron chi connectivity index (χ3n) is 7.46. The van der Waals surface area contributed by atoms with Crippen molar-refractivity contribution >= 4 is 17.4 Å². The van der Waals surface area contributed by atoms with Gasteiger partial charge in [0, 0.05) is 54.0 Å². The van der Waals surface area contributed by atoms with E-state index >= 15 is 0 Å². The average Bonchev–Trinajstić information content (AvgIpc) is 3.44. The summed E-state index contributed by atoms with van der Waals surface area (Å²) >= 11 is 0. The number of hydrogen-bond donors (Lipinski definition) is 1. The Balaban J connectivity index is 1.54. The van der Waals surface area contributed by atoms with Crippen LogP contribution in [0.5, 0.6) is 5.75 Å². The zero-order valence-corrected chi connectivity index (χ0v) is 21.4. The minimum Gasteiger partial charge on any atom is -0.496 e. The van der Waals surface area contributed by atoms with Crippen LogP contribution >= 0.6 is 0 Å². The number of dihydropyridines is 1. The van der Waals surface area contributed by atoms with Gasteiger partial charge in [-0.2, -0.15) is 0 Å². The molecule has 0 bridgehead atoms. The molecule has 2 aromatic carbocycles. The number of nitrogens with zero attached hydrogens (tertiary/aromatic N) is 1. The Morgan fingerprint density at radius 3 is 2.74 bits per heavy atom. The molecule has 1 N–H and O–H groups in total. The number of rotatable bonds is 7. The van der Waals surface area contributed by atoms with E-state index in [0.717, 1.165) is 18.4 Å². The molecule has 0 saturated carbocycles. The highest BCUT2D eigenvalue weighted by molar-refractivity contribution is 6.04. The van der Waals surface area contributed by atoms with E-state index in [1.165, 1.54) is 12.1 Å². The first-order valence-electron chi connectivity index (χ1n) is 12.8. The molecule has 2 aliphatic heterocycles. The number of non-ortho nitro benzene ring substituents is 1. The fraction of sp³-hybridized carbons (Fsp3) is 0.379. The van der Waals surface area contributed by atoms with Gasteiger partial charge in [0.1, 0.15) is 12.4 Å². The number of carbonyl (C=O) groups excluding carboxylic acids is 2. The Kier molecular flexibility index (Phi) is 7.28. The topological polar surface area (TPSA) is 117 Å². The molecule has 9 heteroatoms. The van der Waals surface area contributed by atoms with Crippen LogP contribution in [0.4, 0.5) is 5.69 Å². The lowest BCUT2D eigenvalue weighted by Gasteiger charge is -2.37. The molecule has 1 aliphatic carbocycles. The molecule has 38 heavy (non-hydrogen) atoms. The van der Waals surface area contributed by atoms with Gasteiger partial charge in [0.15, 0.2) is 5.78 Å². The lowest BCUT2D eigenvalue weighted by atomic mass is 9.71. The van der Waals surface area contributed by atoms with Crippen LogP contribution in [0.3, 0.4) is 0 Å². The Bertz CT molecular complexity index is 1340. The van der Waals surface area contributed by atoms with Gasteiger partial charge >= 0.3 is 5.97 Å². The summed E-state index contributed by atoms with van der Waals surface area (Å²) in [6, 6.07) is 13.7. The number of ketones is 1. The Morgan fingerprint density at radius 1 is 1.18 bits per heavy atom. The Hall–Kier alpha value is -3.98. The van der Waals surface area contributed by atoms with E-state index < -0.39 is 16.8 Å². The number of methoxy groups -OCH3 is 1. The molecule has 0 amide bonds. The van der Waals surface area contributed by atoms with E-state index in [-0.39, 0.29) is 42.1 Å². The maximum absolute atomic E-state index is 13.8. The quantitative estimate of drug-likeness (QED) is 0.319. The van der Waals surface area contributed by atoms with Gasteiger partial charge in [0.25, 0.3) is 5.69 Å². The normalized spacial score (nSPS) is 23.1. The van der Waals surface area contributed by atoms with Gasteiger partial charge in [-0.05, 0) is 43.4 Å². The number of Topliss-reactive ketones (excluding diaryl/α,β-unsaturated/α-hetero) is 1. The SMILES string of the molecule is COc1ccccc1[C@H]1CC(=O)C2=C(C1)NC(C)=C(C(=O)OC[C@@H]1CCCO1)[C@H]2c1cccc([N+](=O)[O-])c1. The Morgan fingerprint density at radius 2 is 2.00 bits per heavy atom. The van der Waals surface area contributed by atoms with E-state index in [9.17, 15) is 19.7 Å². The molecule has 0 radical (unpaired) electrons. The summed E-state index contributed by atoms with van der Waals surface area (Å²) < 4.78 is 16.8. The summed E-state index contributed by atoms with van der Waals surface area (Å²) in [7, 11) is 1.60. The van der Waals surface area contributed by atoms with Gasteiger partial charge in [-0.25, -0.2) is 4.79 Å². The molecule has 1 saturated heterocycles. The Labute approximate surface area is 220 Å². The van der Waals surface area contributed by atoms with Crippen LogP contribution in [0.15, 0.2) is 71.1 Å². The summed E-state index contributed by atoms with van der Waals surface area (Å²) in [5.41, 5.74) is 3.33. The van der Waals surface area contributed by atoms with Crippen LogP contribution in [0.1, 0.15) is 55.6 Å². The highest BCUT2D eigenvalue weighted by Gasteiger charge is 2.42. The maximum Gasteiger partial charge on any atom is 0.336 e. The summed E-state index contributed by atoms with van der Waals surface area (Å²) in [4.78, 5) is 38.3. The van der Waals surface area contributed by atoms with Crippen molar-refractivity contribution in [1.29, 1.82) is 0 Å². The number of allylic oxidation sites excluding steroid dienone is 3. The van der Waals surface area contributed by atoms with Crippen LogP contribution in [0, 0.1) is 10.1 Å². The molecule has 9 nitrogen and oxygen atoms in total. The van der Waals surface area contributed by atoms with Gasteiger partial charge in [-0.15, -0.1) is 0 Å². The lowest BCUT2D eigenvalue weighted by Crippen LogP contribution is -2.36. The summed E-state index contributed by atoms with van der Waals surface area (Å²) in [6.07, 6.45) is 2.34. The van der Waals surface area contributed by atoms with Gasteiger partial charge in [0.2, 0.25) is 0 Å². The maximum atomic E-state index is 13.8. The second-order valence-corrected chi connectivity index (χ2v) is 9.84. The first kappa shape index (κ1) is 25.7. The standard InChI is InChI=1S/C29H30N2O7/c1-17-26(29(33)38-16-21-9-6-12-37-21)27(18-7-5-8-20(13-18)31(34)35)28-23(30-17)14-19(15-24(28)32)22-10-3-4-11-25(22)36-2/h3-5,7-8,10-11,13,19,21,27,30H,6,9,12,14-16H2,1-2H3/t19-,21+,27-/m1/s1. The minimum absolute atomic E-state index is 0.108. The third-order valence-corrected chi connectivity index (χ3v) is 7.46. The number of carbonyl (C=O) groups is 2. The first-order chi connectivity index (χ1) is 18.4. The summed E-state index contributed by atoms with van der Waals surface area (Å²) in [6.45, 7) is 2.53. The summed E-state index contributed by atoms with van der Waals surface area (Å²) in [5, 5.41) is 14.9. The largest absolute Gasteiger partial charge is 0.496 e. The van der Waals surface area contributed by atoms with Crippen molar-refractivity contribution in [2.75, 3.05) is 20.3 Å². The highest BCUT2D eigenvalue weighted by atomic mass is 16.6. The van der Waals surface area contributed by atoms with Crippen molar-refractivity contribution in [1.82, 2.24) is 5.32 Å². The average molecular weight is 519 g/mol. The second-order valence-electron chi connectivity index (χ2n) is 9.84. The molecule has 2 aromatic rings. The zero-order valence-electron chi connectivity index (χ0n) is 21.4. The molecule has 3 aliphatic rings. The number of nitro groups is 1. The fourth-order valence-corrected chi connectivity index (χ4v) is 5.71. The number of benzene rings is 2. The van der Waals surface area contributed by atoms with E-state index in [2.05, 4.69) is 5.32 Å². The lowest BCUT2D eigenvalue weighted by molar-refractivity contribution is -0.384. The smallest absolute Gasteiger partial charge is 0.336 e. The highest BCUT2D eigenvalue weighted by Crippen LogP contribution is 2.47. The van der Waals surface area contributed by atoms with Crippen LogP contribution in [0.2, 0.25) is 0 Å². The van der Waals surface area contributed by atoms with Gasteiger partial charge in [0.05, 0.1) is 23.7 Å². The molecule has 198 valence electrons. The summed E-state index contributed by atoms with van der Waals surface area (Å²) in [5.74, 6) is -0.868. The van der Waals surface area contributed by atoms with Crippen LogP contribution in [-0.4, -0.2) is 43.1 Å². The van der Waals surface area contributed by atoms with E-state index in [1.54, 1.807) is 26.2 Å². The minimum atomic E-state index is -0.783. The first-order valence-corrected chi connectivity index (χ1v) is 12.8. The van der Waals surface area contributed by atoms with Gasteiger partial charge in [-0.3, -0.25) is 14.9 Å². The number of esters is 1. The van der Waals surface area contributed by atoms with Crippen LogP contribution in [-0.2, 0) is 19.1 Å². The van der Waals surface area contributed by atoms with Crippen molar-refractivity contribution in [3.8, 4) is 5.75 Å². The van der Waals surface area contributed by atoms with Crippen molar-refractivity contribution in [2.24, 2.45) is 0 Å². The predicted octanol–water partition coefficient (Wildman–Crippen LogP) is 4.69. The van der Waals surface area contributed by atoms with Crippen LogP contribution in [0.25, 0.3) is 0 Å². The van der Waals surface area contributed by atoms with E-state index in [4.69, 9.17) is 14.2 Å². The molecule has 0 aromatic heterocycles. The number of nitrogens with one attached hydrogen (secondary N) is 1. The fourth-order valence-electron chi connectivity index (χ4n) is 5.71. The molecule has 3 atom stereocenters. The number of ether oxygens (including phenoxy) is 3. The number of para-hydroxylation sites is 1. The molecule has 1 fully saturated rings. The van der Waals surface area contributed by atoms with Gasteiger partial charge in [-0.1, -0.05) is 30.3 Å². The molecule has 2 heterocycles. The second kappa shape index (κ2) is 10.8. The van der Waals surface area contributed by atoms with Crippen molar-refractivity contribution in [3.63, 3.8) is 0 Å². The third kappa shape index (κ3) is 4.93. The molecule has 0 unspecified atom stereocenters. The number of nitro benzene ring substituents is 1. The van der Waals surface area contributed by atoms with Crippen molar-refractivity contribution < 1.29 is 28.7 Å². The van der Waals surface area contributed by atoms with E-state index in [0.29, 0.717) is 41.3 Å². The molecule has 5 rings (SSSR count). The van der Waals surface area contributed by atoms with Crippen LogP contribution < -0.4 is 10.1 Å². The molecule has 0 spiro atoms. The van der Waals surface area contributed by atoms with Crippen molar-refractivity contribution in [3.05, 3.63) is 92.3 Å². The van der Waals surface area contributed by atoms with E-state index in [1.807, 2.05) is 24.3 Å². The predicted molar refractivity (Wildman–Crippen MR) is 139 cm³/mol. The number of hydrogen-bond acceptors (Lipinski definition) is 8.